The van der Waals surface area contributed by atoms with Gasteiger partial charge in [-0.2, -0.15) is 0 Å². The Labute approximate surface area is 507 Å². The van der Waals surface area contributed by atoms with E-state index in [2.05, 4.69) is 68.5 Å². The second kappa shape index (κ2) is 34.7. The third-order valence-corrected chi connectivity index (χ3v) is 13.7. The summed E-state index contributed by atoms with van der Waals surface area (Å²) < 4.78 is 0. The molecule has 4 rings (SSSR count). The standard InChI is InChI=1S/C58H79N15O15/c1-7-31(4)50(58(88)70-41(51(60)81)20-34-8-14-38(74)15-9-34)73-56(86)43(22-36-12-18-40(76)19-13-36)69-48(80)28-64-57(87)49(30(2)3)72-53(83)32(5)66-47(79)27-62-46(78)26-63-54(84)42(21-35-10-16-39(75)17-11-35)71-52(82)33(6)67-55(85)44(68-45(77)24-59)23-37-25-61-29-65-37/h8-19,25,29-33,41-44,49-50,74-76H,7,20-24,26-28,59H2,1-6H3,(H2,60,81)(H,61,65)(H,62,78)(H,63,84)(H,64,87)(H,66,79)(H,67,85)(H,68,77)(H,69,80)(H,70,88)(H,71,82)(H,72,83)(H,73,86)/t31-,32-,33-,41-,42-,43-,44-,49?,50-/m0/s1. The largest absolute Gasteiger partial charge is 0.508 e. The summed E-state index contributed by atoms with van der Waals surface area (Å²) in [5.74, 6) is -10.9. The maximum atomic E-state index is 14.1. The summed E-state index contributed by atoms with van der Waals surface area (Å²) in [5.41, 5.74) is 13.1. The van der Waals surface area contributed by atoms with Gasteiger partial charge >= 0.3 is 0 Å². The number of imidazole rings is 1. The lowest BCUT2D eigenvalue weighted by molar-refractivity contribution is -0.135. The van der Waals surface area contributed by atoms with Crippen LogP contribution in [0.4, 0.5) is 0 Å². The van der Waals surface area contributed by atoms with Gasteiger partial charge in [0.15, 0.2) is 0 Å². The number of hydrogen-bond acceptors (Lipinski definition) is 17. The number of benzene rings is 3. The highest BCUT2D eigenvalue weighted by Crippen LogP contribution is 2.16. The van der Waals surface area contributed by atoms with Crippen LogP contribution in [0.2, 0.25) is 0 Å². The smallest absolute Gasteiger partial charge is 0.243 e. The van der Waals surface area contributed by atoms with Gasteiger partial charge in [0.1, 0.15) is 65.6 Å². The van der Waals surface area contributed by atoms with Crippen LogP contribution < -0.4 is 70.0 Å². The second-order valence-electron chi connectivity index (χ2n) is 21.2. The van der Waals surface area contributed by atoms with Gasteiger partial charge in [-0.1, -0.05) is 70.5 Å². The first kappa shape index (κ1) is 70.4. The van der Waals surface area contributed by atoms with Crippen molar-refractivity contribution < 1.29 is 72.9 Å². The topological polar surface area (TPSA) is 479 Å². The van der Waals surface area contributed by atoms with Crippen LogP contribution in [0.3, 0.4) is 0 Å². The summed E-state index contributed by atoms with van der Waals surface area (Å²) in [6.45, 7) is 6.82. The van der Waals surface area contributed by atoms with Crippen molar-refractivity contribution >= 4 is 70.9 Å². The molecule has 3 aromatic carbocycles. The highest BCUT2D eigenvalue weighted by molar-refractivity contribution is 5.98. The van der Waals surface area contributed by atoms with Gasteiger partial charge in [-0.15, -0.1) is 0 Å². The monoisotopic (exact) mass is 1230 g/mol. The van der Waals surface area contributed by atoms with Gasteiger partial charge in [0.05, 0.1) is 32.5 Å². The molecule has 1 aromatic heterocycles. The number of aromatic nitrogens is 2. The molecular weight excluding hydrogens is 1150 g/mol. The molecule has 1 unspecified atom stereocenters. The lowest BCUT2D eigenvalue weighted by Crippen LogP contribution is -2.59. The fraction of sp³-hybridized carbons (Fsp3) is 0.431. The molecule has 88 heavy (non-hydrogen) atoms. The van der Waals surface area contributed by atoms with E-state index in [1.54, 1.807) is 39.8 Å². The van der Waals surface area contributed by atoms with Crippen LogP contribution in [-0.4, -0.2) is 171 Å². The Morgan fingerprint density at radius 3 is 1.38 bits per heavy atom. The summed E-state index contributed by atoms with van der Waals surface area (Å²) in [6, 6.07) is 7.27. The summed E-state index contributed by atoms with van der Waals surface area (Å²) in [6.07, 6.45) is 2.88. The Morgan fingerprint density at radius 1 is 0.455 bits per heavy atom. The van der Waals surface area contributed by atoms with Crippen molar-refractivity contribution in [2.24, 2.45) is 23.3 Å². The van der Waals surface area contributed by atoms with Crippen molar-refractivity contribution in [3.8, 4) is 17.2 Å². The predicted octanol–water partition coefficient (Wildman–Crippen LogP) is -3.79. The number of amides is 12. The number of aromatic hydroxyl groups is 3. The molecule has 0 saturated carbocycles. The fourth-order valence-electron chi connectivity index (χ4n) is 8.44. The molecule has 9 atom stereocenters. The summed E-state index contributed by atoms with van der Waals surface area (Å²) >= 11 is 0. The van der Waals surface area contributed by atoms with Crippen molar-refractivity contribution in [1.29, 1.82) is 0 Å². The highest BCUT2D eigenvalue weighted by Gasteiger charge is 2.34. The molecule has 4 aromatic rings. The maximum Gasteiger partial charge on any atom is 0.243 e. The number of rotatable bonds is 34. The van der Waals surface area contributed by atoms with Crippen molar-refractivity contribution in [2.45, 2.75) is 122 Å². The number of nitrogens with two attached hydrogens (primary N) is 2. The molecule has 0 fully saturated rings. The van der Waals surface area contributed by atoms with Crippen molar-refractivity contribution in [3.63, 3.8) is 0 Å². The number of nitrogens with one attached hydrogen (secondary N) is 12. The molecule has 19 N–H and O–H groups in total. The van der Waals surface area contributed by atoms with Crippen LogP contribution in [0.15, 0.2) is 85.3 Å². The molecule has 0 aliphatic rings. The minimum Gasteiger partial charge on any atom is -0.508 e. The number of hydrogen-bond donors (Lipinski definition) is 17. The number of carbonyl (C=O) groups excluding carboxylic acids is 12. The summed E-state index contributed by atoms with van der Waals surface area (Å²) in [7, 11) is 0. The Balaban J connectivity index is 1.31. The molecule has 30 heteroatoms. The second-order valence-corrected chi connectivity index (χ2v) is 21.2. The van der Waals surface area contributed by atoms with Crippen LogP contribution in [-0.2, 0) is 83.2 Å². The Hall–Kier alpha value is -10.1. The van der Waals surface area contributed by atoms with Gasteiger partial charge in [0.25, 0.3) is 0 Å². The number of aromatic amines is 1. The van der Waals surface area contributed by atoms with Crippen LogP contribution in [0.1, 0.15) is 70.3 Å². The van der Waals surface area contributed by atoms with Gasteiger partial charge < -0.3 is 90.3 Å². The maximum absolute atomic E-state index is 14.1. The number of H-pyrrole nitrogens is 1. The number of phenols is 3. The van der Waals surface area contributed by atoms with Gasteiger partial charge in [0, 0.05) is 37.6 Å². The molecule has 476 valence electrons. The zero-order chi connectivity index (χ0) is 65.2. The van der Waals surface area contributed by atoms with Gasteiger partial charge in [-0.25, -0.2) is 4.98 Å². The van der Waals surface area contributed by atoms with Crippen molar-refractivity contribution in [3.05, 3.63) is 108 Å². The molecule has 0 aliphatic heterocycles. The van der Waals surface area contributed by atoms with E-state index in [1.807, 2.05) is 0 Å². The van der Waals surface area contributed by atoms with Crippen molar-refractivity contribution in [1.82, 2.24) is 68.5 Å². The fourth-order valence-corrected chi connectivity index (χ4v) is 8.44. The lowest BCUT2D eigenvalue weighted by atomic mass is 9.96. The first-order valence-electron chi connectivity index (χ1n) is 28.2. The van der Waals surface area contributed by atoms with Gasteiger partial charge in [0.2, 0.25) is 70.9 Å². The molecule has 0 aliphatic carbocycles. The highest BCUT2D eigenvalue weighted by atomic mass is 16.3. The van der Waals surface area contributed by atoms with Crippen LogP contribution in [0.25, 0.3) is 0 Å². The SMILES string of the molecule is CC[C@H](C)[C@H](NC(=O)[C@H](Cc1ccc(O)cc1)NC(=O)CNC(=O)C(NC(=O)[C@H](C)NC(=O)CNC(=O)CNC(=O)[C@H](Cc1ccc(O)cc1)NC(=O)[C@H](C)NC(=O)[C@H](Cc1cnc[nH]1)NC(=O)CN)C(C)C)C(=O)N[C@@H](Cc1ccc(O)cc1)C(N)=O. The molecule has 0 radical (unpaired) electrons. The molecule has 0 bridgehead atoms. The normalized spacial score (nSPS) is 14.0. The number of carbonyl (C=O) groups is 12. The van der Waals surface area contributed by atoms with Crippen LogP contribution in [0.5, 0.6) is 17.2 Å². The minimum absolute atomic E-state index is 0.0106. The van der Waals surface area contributed by atoms with E-state index >= 15 is 0 Å². The van der Waals surface area contributed by atoms with E-state index in [9.17, 15) is 72.9 Å². The Morgan fingerprint density at radius 2 is 0.875 bits per heavy atom. The number of phenolic OH excluding ortho intramolecular Hbond substituents is 3. The minimum atomic E-state index is -1.36. The van der Waals surface area contributed by atoms with E-state index in [4.69, 9.17) is 11.5 Å². The number of nitrogens with zero attached hydrogens (tertiary/aromatic N) is 1. The Bertz CT molecular complexity index is 3050. The van der Waals surface area contributed by atoms with E-state index in [-0.39, 0.29) is 42.9 Å². The van der Waals surface area contributed by atoms with Gasteiger partial charge in [-0.3, -0.25) is 57.5 Å². The first-order valence-corrected chi connectivity index (χ1v) is 28.2. The molecule has 1 heterocycles. The van der Waals surface area contributed by atoms with Crippen molar-refractivity contribution in [2.75, 3.05) is 26.2 Å². The van der Waals surface area contributed by atoms with E-state index in [0.29, 0.717) is 28.8 Å². The average Bonchev–Trinajstić information content (AvgIpc) is 4.13. The Kier molecular flexibility index (Phi) is 27.8. The molecule has 0 spiro atoms. The molecule has 0 saturated heterocycles. The lowest BCUT2D eigenvalue weighted by Gasteiger charge is -2.28. The number of primary amides is 1. The summed E-state index contributed by atoms with van der Waals surface area (Å²) in [5, 5.41) is 56.8. The zero-order valence-corrected chi connectivity index (χ0v) is 49.6. The third-order valence-electron chi connectivity index (χ3n) is 13.7. The quantitative estimate of drug-likeness (QED) is 0.0213. The van der Waals surface area contributed by atoms with E-state index < -0.39 is 157 Å². The summed E-state index contributed by atoms with van der Waals surface area (Å²) in [4.78, 5) is 166. The zero-order valence-electron chi connectivity index (χ0n) is 49.6. The van der Waals surface area contributed by atoms with E-state index in [0.717, 1.165) is 0 Å². The molecule has 12 amide bonds. The predicted molar refractivity (Wildman–Crippen MR) is 316 cm³/mol. The average molecular weight is 1230 g/mol. The first-order chi connectivity index (χ1) is 41.7. The molecular formula is C58H79N15O15. The third kappa shape index (κ3) is 23.7. The van der Waals surface area contributed by atoms with Gasteiger partial charge in [-0.05, 0) is 78.8 Å². The van der Waals surface area contributed by atoms with Crippen LogP contribution in [0, 0.1) is 11.8 Å². The van der Waals surface area contributed by atoms with E-state index in [1.165, 1.54) is 87.0 Å². The van der Waals surface area contributed by atoms with Crippen LogP contribution >= 0.6 is 0 Å². The molecule has 30 nitrogen and oxygen atoms in total.